The van der Waals surface area contributed by atoms with E-state index in [1.54, 1.807) is 0 Å². The molecule has 0 spiro atoms. The van der Waals surface area contributed by atoms with E-state index in [9.17, 15) is 4.79 Å². The van der Waals surface area contributed by atoms with Gasteiger partial charge in [-0.15, -0.1) is 0 Å². The van der Waals surface area contributed by atoms with E-state index < -0.39 is 5.97 Å². The average Bonchev–Trinajstić information content (AvgIpc) is 2.26. The highest BCUT2D eigenvalue weighted by Crippen LogP contribution is 2.15. The maximum absolute atomic E-state index is 10.7. The summed E-state index contributed by atoms with van der Waals surface area (Å²) in [5.41, 5.74) is 0. The highest BCUT2D eigenvalue weighted by atomic mass is 16.4. The van der Waals surface area contributed by atoms with Gasteiger partial charge in [-0.25, -0.2) is 0 Å². The van der Waals surface area contributed by atoms with Crippen molar-refractivity contribution in [2.24, 2.45) is 5.92 Å². The molecule has 1 fully saturated rings. The lowest BCUT2D eigenvalue weighted by Crippen LogP contribution is -2.48. The molecular weight excluding hydrogens is 216 g/mol. The van der Waals surface area contributed by atoms with Gasteiger partial charge >= 0.3 is 5.97 Å². The number of hydrogen-bond acceptors (Lipinski definition) is 3. The topological polar surface area (TPSA) is 43.8 Å². The minimum atomic E-state index is -0.730. The van der Waals surface area contributed by atoms with Crippen molar-refractivity contribution >= 4 is 5.97 Å². The Hall–Kier alpha value is -0.610. The first kappa shape index (κ1) is 14.5. The molecule has 1 aliphatic rings. The van der Waals surface area contributed by atoms with Crippen LogP contribution in [0.25, 0.3) is 0 Å². The number of likely N-dealkylation sites (N-methyl/N-ethyl adjacent to an activating group) is 1. The number of aliphatic carboxylic acids is 1. The number of nitrogens with zero attached hydrogens (tertiary/aromatic N) is 2. The zero-order valence-electron chi connectivity index (χ0n) is 11.4. The Morgan fingerprint density at radius 1 is 1.53 bits per heavy atom. The van der Waals surface area contributed by atoms with Crippen molar-refractivity contribution in [3.63, 3.8) is 0 Å². The zero-order chi connectivity index (χ0) is 12.8. The molecule has 0 aromatic heterocycles. The molecule has 1 heterocycles. The summed E-state index contributed by atoms with van der Waals surface area (Å²) in [7, 11) is 1.92. The van der Waals surface area contributed by atoms with Gasteiger partial charge in [-0.05, 0) is 45.3 Å². The van der Waals surface area contributed by atoms with Crippen LogP contribution in [-0.2, 0) is 4.79 Å². The fourth-order valence-corrected chi connectivity index (χ4v) is 2.38. The van der Waals surface area contributed by atoms with Crippen LogP contribution in [0.5, 0.6) is 0 Å². The molecule has 4 heteroatoms. The van der Waals surface area contributed by atoms with Gasteiger partial charge in [0.05, 0.1) is 6.54 Å². The summed E-state index contributed by atoms with van der Waals surface area (Å²) in [5, 5.41) is 8.80. The van der Waals surface area contributed by atoms with Crippen LogP contribution in [0.1, 0.15) is 33.1 Å². The summed E-state index contributed by atoms with van der Waals surface area (Å²) in [6, 6.07) is 0.409. The molecule has 0 bridgehead atoms. The minimum Gasteiger partial charge on any atom is -0.480 e. The molecular formula is C13H26N2O2. The van der Waals surface area contributed by atoms with Crippen LogP contribution in [0.2, 0.25) is 0 Å². The SMILES string of the molecule is CC(C)CCN1CCCC(N(C)CC(=O)O)C1. The number of carboxylic acids is 1. The van der Waals surface area contributed by atoms with Gasteiger partial charge in [0.1, 0.15) is 0 Å². The fraction of sp³-hybridized carbons (Fsp3) is 0.923. The van der Waals surface area contributed by atoms with Gasteiger partial charge in [0.2, 0.25) is 0 Å². The average molecular weight is 242 g/mol. The molecule has 4 nitrogen and oxygen atoms in total. The first-order chi connectivity index (χ1) is 7.99. The molecule has 1 saturated heterocycles. The van der Waals surface area contributed by atoms with Crippen molar-refractivity contribution < 1.29 is 9.90 Å². The van der Waals surface area contributed by atoms with Gasteiger partial charge in [0.25, 0.3) is 0 Å². The number of carbonyl (C=O) groups is 1. The summed E-state index contributed by atoms with van der Waals surface area (Å²) in [6.45, 7) is 7.99. The zero-order valence-corrected chi connectivity index (χ0v) is 11.4. The van der Waals surface area contributed by atoms with Crippen LogP contribution in [-0.4, -0.2) is 60.1 Å². The van der Waals surface area contributed by atoms with Crippen LogP contribution < -0.4 is 0 Å². The Kier molecular flexibility index (Phi) is 5.92. The van der Waals surface area contributed by atoms with E-state index in [0.29, 0.717) is 6.04 Å². The van der Waals surface area contributed by atoms with Crippen molar-refractivity contribution in [1.82, 2.24) is 9.80 Å². The second-order valence-electron chi connectivity index (χ2n) is 5.59. The molecule has 0 saturated carbocycles. The summed E-state index contributed by atoms with van der Waals surface area (Å²) in [4.78, 5) is 15.1. The van der Waals surface area contributed by atoms with Crippen molar-refractivity contribution in [1.29, 1.82) is 0 Å². The summed E-state index contributed by atoms with van der Waals surface area (Å²) < 4.78 is 0. The molecule has 1 rings (SSSR count). The molecule has 1 N–H and O–H groups in total. The highest BCUT2D eigenvalue weighted by Gasteiger charge is 2.23. The number of likely N-dealkylation sites (tertiary alicyclic amines) is 1. The van der Waals surface area contributed by atoms with Crippen LogP contribution >= 0.6 is 0 Å². The second kappa shape index (κ2) is 6.97. The molecule has 0 radical (unpaired) electrons. The van der Waals surface area contributed by atoms with Gasteiger partial charge in [0.15, 0.2) is 0 Å². The Morgan fingerprint density at radius 2 is 2.24 bits per heavy atom. The standard InChI is InChI=1S/C13H26N2O2/c1-11(2)6-8-15-7-4-5-12(9-15)14(3)10-13(16)17/h11-12H,4-10H2,1-3H3,(H,16,17). The van der Waals surface area contributed by atoms with Gasteiger partial charge in [0, 0.05) is 12.6 Å². The third kappa shape index (κ3) is 5.50. The Balaban J connectivity index is 2.34. The van der Waals surface area contributed by atoms with E-state index in [-0.39, 0.29) is 6.54 Å². The number of carboxylic acid groups (broad SMARTS) is 1. The van der Waals surface area contributed by atoms with Crippen LogP contribution in [0, 0.1) is 5.92 Å². The van der Waals surface area contributed by atoms with Crippen LogP contribution in [0.3, 0.4) is 0 Å². The molecule has 0 aliphatic carbocycles. The first-order valence-electron chi connectivity index (χ1n) is 6.63. The Labute approximate surface area is 105 Å². The second-order valence-corrected chi connectivity index (χ2v) is 5.59. The van der Waals surface area contributed by atoms with Crippen molar-refractivity contribution in [2.75, 3.05) is 33.2 Å². The quantitative estimate of drug-likeness (QED) is 0.767. The number of hydrogen-bond donors (Lipinski definition) is 1. The largest absolute Gasteiger partial charge is 0.480 e. The molecule has 0 aromatic rings. The van der Waals surface area contributed by atoms with Crippen LogP contribution in [0.4, 0.5) is 0 Å². The maximum Gasteiger partial charge on any atom is 0.317 e. The van der Waals surface area contributed by atoms with E-state index in [4.69, 9.17) is 5.11 Å². The third-order valence-corrected chi connectivity index (χ3v) is 3.51. The lowest BCUT2D eigenvalue weighted by Gasteiger charge is -2.37. The minimum absolute atomic E-state index is 0.155. The van der Waals surface area contributed by atoms with Crippen molar-refractivity contribution in [3.8, 4) is 0 Å². The van der Waals surface area contributed by atoms with Gasteiger partial charge in [-0.3, -0.25) is 9.69 Å². The molecule has 0 amide bonds. The summed E-state index contributed by atoms with van der Waals surface area (Å²) in [5.74, 6) is 0.0129. The van der Waals surface area contributed by atoms with Crippen molar-refractivity contribution in [2.45, 2.75) is 39.2 Å². The monoisotopic (exact) mass is 242 g/mol. The summed E-state index contributed by atoms with van der Waals surface area (Å²) in [6.07, 6.45) is 3.55. The predicted molar refractivity (Wildman–Crippen MR) is 69.2 cm³/mol. The Morgan fingerprint density at radius 3 is 2.82 bits per heavy atom. The molecule has 17 heavy (non-hydrogen) atoms. The van der Waals surface area contributed by atoms with E-state index >= 15 is 0 Å². The van der Waals surface area contributed by atoms with E-state index in [2.05, 4.69) is 18.7 Å². The lowest BCUT2D eigenvalue weighted by atomic mass is 10.0. The first-order valence-corrected chi connectivity index (χ1v) is 6.63. The fourth-order valence-electron chi connectivity index (χ4n) is 2.38. The molecule has 0 aromatic carbocycles. The maximum atomic E-state index is 10.7. The molecule has 1 unspecified atom stereocenters. The predicted octanol–water partition coefficient (Wildman–Crippen LogP) is 1.51. The van der Waals surface area contributed by atoms with E-state index in [1.165, 1.54) is 19.4 Å². The highest BCUT2D eigenvalue weighted by molar-refractivity contribution is 5.69. The van der Waals surface area contributed by atoms with Gasteiger partial charge < -0.3 is 10.0 Å². The van der Waals surface area contributed by atoms with Crippen molar-refractivity contribution in [3.05, 3.63) is 0 Å². The normalized spacial score (nSPS) is 22.3. The molecule has 100 valence electrons. The van der Waals surface area contributed by atoms with E-state index in [0.717, 1.165) is 25.4 Å². The number of rotatable bonds is 6. The van der Waals surface area contributed by atoms with Gasteiger partial charge in [-0.1, -0.05) is 13.8 Å². The Bertz CT molecular complexity index is 244. The lowest BCUT2D eigenvalue weighted by molar-refractivity contribution is -0.138. The van der Waals surface area contributed by atoms with Gasteiger partial charge in [-0.2, -0.15) is 0 Å². The number of piperidine rings is 1. The molecule has 1 aliphatic heterocycles. The van der Waals surface area contributed by atoms with Crippen LogP contribution in [0.15, 0.2) is 0 Å². The molecule has 1 atom stereocenters. The van der Waals surface area contributed by atoms with E-state index in [1.807, 2.05) is 11.9 Å². The summed E-state index contributed by atoms with van der Waals surface area (Å²) >= 11 is 0. The smallest absolute Gasteiger partial charge is 0.317 e. The third-order valence-electron chi connectivity index (χ3n) is 3.51.